The maximum Gasteiger partial charge on any atom is 0.320 e. The molecule has 0 radical (unpaired) electrons. The van der Waals surface area contributed by atoms with Crippen molar-refractivity contribution in [3.63, 3.8) is 0 Å². The highest BCUT2D eigenvalue weighted by Gasteiger charge is 2.27. The summed E-state index contributed by atoms with van der Waals surface area (Å²) in [4.78, 5) is 28.4. The van der Waals surface area contributed by atoms with Crippen molar-refractivity contribution in [1.82, 2.24) is 14.7 Å². The number of hydrogen-bond acceptors (Lipinski definition) is 4. The maximum atomic E-state index is 12.3. The molecule has 1 heterocycles. The number of piperazine rings is 1. The van der Waals surface area contributed by atoms with Crippen molar-refractivity contribution in [2.24, 2.45) is 0 Å². The number of hydrogen-bond donors (Lipinski definition) is 2. The number of β-amino-alcohol motifs (C(OH)–C–C–N with tert-alkyl or cyclic N) is 1. The van der Waals surface area contributed by atoms with Gasteiger partial charge in [-0.1, -0.05) is 0 Å². The van der Waals surface area contributed by atoms with E-state index in [0.717, 1.165) is 13.1 Å². The zero-order chi connectivity index (χ0) is 16.0. The Hall–Kier alpha value is -1.34. The molecule has 0 saturated carbocycles. The molecule has 21 heavy (non-hydrogen) atoms. The fraction of sp³-hybridized carbons (Fsp3) is 0.857. The van der Waals surface area contributed by atoms with E-state index in [1.807, 2.05) is 6.92 Å². The molecule has 0 aromatic carbocycles. The molecule has 2 N–H and O–H groups in total. The van der Waals surface area contributed by atoms with E-state index < -0.39 is 11.6 Å². The van der Waals surface area contributed by atoms with Gasteiger partial charge in [0.2, 0.25) is 0 Å². The van der Waals surface area contributed by atoms with E-state index in [2.05, 4.69) is 4.90 Å². The van der Waals surface area contributed by atoms with Crippen LogP contribution in [0, 0.1) is 0 Å². The van der Waals surface area contributed by atoms with Gasteiger partial charge in [-0.05, 0) is 20.8 Å². The number of carboxylic acids is 1. The standard InChI is InChI=1S/C14H27N3O4/c1-4-16(6-5-12(18)19)13(20)17-9-7-15(8-10-17)11-14(2,3)21/h21H,4-11H2,1-3H3,(H,18,19). The first-order chi connectivity index (χ1) is 9.73. The predicted octanol–water partition coefficient (Wildman–Crippen LogP) is 0.292. The number of nitrogens with zero attached hydrogens (tertiary/aromatic N) is 3. The second-order valence-electron chi connectivity index (χ2n) is 6.08. The topological polar surface area (TPSA) is 84.3 Å². The van der Waals surface area contributed by atoms with Crippen LogP contribution in [0.3, 0.4) is 0 Å². The van der Waals surface area contributed by atoms with E-state index in [1.165, 1.54) is 0 Å². The number of carbonyl (C=O) groups excluding carboxylic acids is 1. The van der Waals surface area contributed by atoms with Crippen molar-refractivity contribution in [1.29, 1.82) is 0 Å². The first-order valence-electron chi connectivity index (χ1n) is 7.43. The number of carbonyl (C=O) groups is 2. The summed E-state index contributed by atoms with van der Waals surface area (Å²) in [6.07, 6.45) is -0.0295. The highest BCUT2D eigenvalue weighted by molar-refractivity contribution is 5.75. The number of urea groups is 1. The average Bonchev–Trinajstić information content (AvgIpc) is 2.37. The number of carboxylic acid groups (broad SMARTS) is 1. The lowest BCUT2D eigenvalue weighted by Crippen LogP contribution is -2.55. The smallest absolute Gasteiger partial charge is 0.320 e. The molecule has 0 aromatic rings. The van der Waals surface area contributed by atoms with Gasteiger partial charge < -0.3 is 20.0 Å². The zero-order valence-electron chi connectivity index (χ0n) is 13.2. The van der Waals surface area contributed by atoms with Gasteiger partial charge >= 0.3 is 12.0 Å². The highest BCUT2D eigenvalue weighted by Crippen LogP contribution is 2.10. The van der Waals surface area contributed by atoms with Crippen molar-refractivity contribution in [2.75, 3.05) is 45.8 Å². The summed E-state index contributed by atoms with van der Waals surface area (Å²) >= 11 is 0. The normalized spacial score (nSPS) is 16.9. The van der Waals surface area contributed by atoms with Gasteiger partial charge in [0.25, 0.3) is 0 Å². The summed E-state index contributed by atoms with van der Waals surface area (Å²) < 4.78 is 0. The zero-order valence-corrected chi connectivity index (χ0v) is 13.2. The third-order valence-corrected chi connectivity index (χ3v) is 3.50. The third kappa shape index (κ3) is 6.31. The molecule has 1 saturated heterocycles. The molecule has 2 amide bonds. The summed E-state index contributed by atoms with van der Waals surface area (Å²) in [5.74, 6) is -0.892. The second-order valence-corrected chi connectivity index (χ2v) is 6.08. The maximum absolute atomic E-state index is 12.3. The molecule has 0 spiro atoms. The first kappa shape index (κ1) is 17.7. The van der Waals surface area contributed by atoms with Crippen molar-refractivity contribution < 1.29 is 19.8 Å². The lowest BCUT2D eigenvalue weighted by atomic mass is 10.1. The van der Waals surface area contributed by atoms with Crippen LogP contribution in [0.1, 0.15) is 27.2 Å². The Balaban J connectivity index is 2.44. The van der Waals surface area contributed by atoms with Crippen molar-refractivity contribution in [3.8, 4) is 0 Å². The minimum Gasteiger partial charge on any atom is -0.481 e. The molecule has 0 bridgehead atoms. The van der Waals surface area contributed by atoms with Crippen LogP contribution in [0.4, 0.5) is 4.79 Å². The Bertz CT molecular complexity index is 360. The predicted molar refractivity (Wildman–Crippen MR) is 79.2 cm³/mol. The molecular formula is C14H27N3O4. The molecular weight excluding hydrogens is 274 g/mol. The summed E-state index contributed by atoms with van der Waals surface area (Å²) in [7, 11) is 0. The molecule has 1 aliphatic heterocycles. The van der Waals surface area contributed by atoms with Crippen LogP contribution >= 0.6 is 0 Å². The van der Waals surface area contributed by atoms with Crippen LogP contribution in [-0.2, 0) is 4.79 Å². The van der Waals surface area contributed by atoms with E-state index in [-0.39, 0.29) is 19.0 Å². The third-order valence-electron chi connectivity index (χ3n) is 3.50. The summed E-state index contributed by atoms with van der Waals surface area (Å²) in [6.45, 7) is 9.42. The van der Waals surface area contributed by atoms with Gasteiger partial charge in [-0.15, -0.1) is 0 Å². The lowest BCUT2D eigenvalue weighted by Gasteiger charge is -2.39. The summed E-state index contributed by atoms with van der Waals surface area (Å²) in [6, 6.07) is -0.0957. The summed E-state index contributed by atoms with van der Waals surface area (Å²) in [5.41, 5.74) is -0.733. The van der Waals surface area contributed by atoms with Gasteiger partial charge in [-0.2, -0.15) is 0 Å². The van der Waals surface area contributed by atoms with Crippen LogP contribution in [-0.4, -0.2) is 88.3 Å². The molecule has 122 valence electrons. The van der Waals surface area contributed by atoms with Crippen molar-refractivity contribution in [3.05, 3.63) is 0 Å². The van der Waals surface area contributed by atoms with Gasteiger partial charge in [0, 0.05) is 45.8 Å². The fourth-order valence-corrected chi connectivity index (χ4v) is 2.46. The molecule has 1 rings (SSSR count). The molecule has 1 fully saturated rings. The molecule has 7 heteroatoms. The minimum atomic E-state index is -0.892. The number of amides is 2. The lowest BCUT2D eigenvalue weighted by molar-refractivity contribution is -0.137. The Morgan fingerprint density at radius 2 is 1.76 bits per heavy atom. The van der Waals surface area contributed by atoms with Crippen LogP contribution in [0.5, 0.6) is 0 Å². The van der Waals surface area contributed by atoms with Crippen molar-refractivity contribution in [2.45, 2.75) is 32.8 Å². The quantitative estimate of drug-likeness (QED) is 0.737. The van der Waals surface area contributed by atoms with Gasteiger partial charge in [-0.25, -0.2) is 4.79 Å². The molecule has 1 aliphatic rings. The van der Waals surface area contributed by atoms with E-state index in [0.29, 0.717) is 26.2 Å². The molecule has 0 unspecified atom stereocenters. The Morgan fingerprint density at radius 1 is 1.19 bits per heavy atom. The van der Waals surface area contributed by atoms with Crippen LogP contribution in [0.2, 0.25) is 0 Å². The Labute approximate surface area is 126 Å². The molecule has 0 aliphatic carbocycles. The SMILES string of the molecule is CCN(CCC(=O)O)C(=O)N1CCN(CC(C)(C)O)CC1. The van der Waals surface area contributed by atoms with Gasteiger partial charge in [0.05, 0.1) is 12.0 Å². The van der Waals surface area contributed by atoms with Crippen molar-refractivity contribution >= 4 is 12.0 Å². The highest BCUT2D eigenvalue weighted by atomic mass is 16.4. The van der Waals surface area contributed by atoms with Crippen LogP contribution in [0.25, 0.3) is 0 Å². The van der Waals surface area contributed by atoms with Crippen LogP contribution < -0.4 is 0 Å². The summed E-state index contributed by atoms with van der Waals surface area (Å²) in [5, 5.41) is 18.5. The van der Waals surface area contributed by atoms with E-state index in [9.17, 15) is 14.7 Å². The van der Waals surface area contributed by atoms with E-state index in [4.69, 9.17) is 5.11 Å². The monoisotopic (exact) mass is 301 g/mol. The number of aliphatic carboxylic acids is 1. The first-order valence-corrected chi connectivity index (χ1v) is 7.43. The fourth-order valence-electron chi connectivity index (χ4n) is 2.46. The Kier molecular flexibility index (Phi) is 6.42. The number of rotatable bonds is 6. The molecule has 7 nitrogen and oxygen atoms in total. The van der Waals surface area contributed by atoms with Crippen LogP contribution in [0.15, 0.2) is 0 Å². The van der Waals surface area contributed by atoms with Gasteiger partial charge in [0.15, 0.2) is 0 Å². The number of aliphatic hydroxyl groups is 1. The van der Waals surface area contributed by atoms with Gasteiger partial charge in [-0.3, -0.25) is 9.69 Å². The minimum absolute atomic E-state index is 0.0295. The molecule has 0 atom stereocenters. The molecule has 0 aromatic heterocycles. The average molecular weight is 301 g/mol. The largest absolute Gasteiger partial charge is 0.481 e. The van der Waals surface area contributed by atoms with E-state index in [1.54, 1.807) is 23.6 Å². The second kappa shape index (κ2) is 7.61. The Morgan fingerprint density at radius 3 is 2.19 bits per heavy atom. The van der Waals surface area contributed by atoms with E-state index >= 15 is 0 Å². The van der Waals surface area contributed by atoms with Gasteiger partial charge in [0.1, 0.15) is 0 Å².